The van der Waals surface area contributed by atoms with Crippen molar-refractivity contribution in [2.24, 2.45) is 10.7 Å². The number of anilines is 1. The first-order chi connectivity index (χ1) is 10.1. The molecule has 0 aliphatic carbocycles. The van der Waals surface area contributed by atoms with Gasteiger partial charge in [-0.05, 0) is 29.7 Å². The Morgan fingerprint density at radius 1 is 1.14 bits per heavy atom. The van der Waals surface area contributed by atoms with E-state index in [1.54, 1.807) is 7.11 Å². The molecule has 4 nitrogen and oxygen atoms in total. The number of benzene rings is 2. The van der Waals surface area contributed by atoms with Crippen molar-refractivity contribution < 1.29 is 4.74 Å². The van der Waals surface area contributed by atoms with Crippen LogP contribution in [0.3, 0.4) is 0 Å². The third-order valence-corrected chi connectivity index (χ3v) is 3.15. The van der Waals surface area contributed by atoms with E-state index in [9.17, 15) is 0 Å². The van der Waals surface area contributed by atoms with Crippen molar-refractivity contribution >= 4 is 17.3 Å². The molecule has 0 unspecified atom stereocenters. The van der Waals surface area contributed by atoms with Gasteiger partial charge in [-0.15, -0.1) is 0 Å². The summed E-state index contributed by atoms with van der Waals surface area (Å²) in [6, 6.07) is 15.6. The molecule has 0 atom stereocenters. The van der Waals surface area contributed by atoms with E-state index in [1.807, 2.05) is 42.5 Å². The molecule has 0 spiro atoms. The lowest BCUT2D eigenvalue weighted by Gasteiger charge is -2.14. The molecule has 0 aliphatic heterocycles. The number of nitrogens with one attached hydrogen (secondary N) is 1. The van der Waals surface area contributed by atoms with Crippen LogP contribution < -0.4 is 15.8 Å². The predicted molar refractivity (Wildman–Crippen MR) is 88.4 cm³/mol. The standard InChI is InChI=1S/C17H21N3O/c1-12(2)15-9-4-5-10-16(15)20-17(18)19-13-7-6-8-14(11-13)21-3/h4-12H,1-3H3,(H3,18,19,20). The number of rotatable bonds is 4. The van der Waals surface area contributed by atoms with Crippen LogP contribution in [-0.2, 0) is 0 Å². The lowest BCUT2D eigenvalue weighted by molar-refractivity contribution is 0.415. The molecular weight excluding hydrogens is 262 g/mol. The summed E-state index contributed by atoms with van der Waals surface area (Å²) in [4.78, 5) is 4.37. The Morgan fingerprint density at radius 2 is 1.90 bits per heavy atom. The Kier molecular flexibility index (Phi) is 4.82. The van der Waals surface area contributed by atoms with Crippen LogP contribution in [0.15, 0.2) is 53.5 Å². The van der Waals surface area contributed by atoms with Gasteiger partial charge in [0.1, 0.15) is 5.75 Å². The molecule has 0 heterocycles. The molecule has 4 heteroatoms. The van der Waals surface area contributed by atoms with E-state index in [2.05, 4.69) is 30.2 Å². The van der Waals surface area contributed by atoms with Crippen LogP contribution in [-0.4, -0.2) is 13.1 Å². The number of guanidine groups is 1. The maximum absolute atomic E-state index is 6.00. The van der Waals surface area contributed by atoms with Crippen molar-refractivity contribution in [1.82, 2.24) is 0 Å². The summed E-state index contributed by atoms with van der Waals surface area (Å²) in [5.74, 6) is 1.53. The van der Waals surface area contributed by atoms with E-state index in [1.165, 1.54) is 5.56 Å². The highest BCUT2D eigenvalue weighted by Gasteiger charge is 2.06. The average molecular weight is 283 g/mol. The molecule has 0 aromatic heterocycles. The van der Waals surface area contributed by atoms with Gasteiger partial charge in [-0.25, -0.2) is 4.99 Å². The van der Waals surface area contributed by atoms with Crippen molar-refractivity contribution in [3.05, 3.63) is 54.1 Å². The molecule has 21 heavy (non-hydrogen) atoms. The van der Waals surface area contributed by atoms with E-state index >= 15 is 0 Å². The Hall–Kier alpha value is -2.49. The molecule has 2 rings (SSSR count). The van der Waals surface area contributed by atoms with Crippen molar-refractivity contribution in [3.63, 3.8) is 0 Å². The van der Waals surface area contributed by atoms with Crippen molar-refractivity contribution in [1.29, 1.82) is 0 Å². The second-order valence-corrected chi connectivity index (χ2v) is 5.07. The number of aliphatic imine (C=N–C) groups is 1. The van der Waals surface area contributed by atoms with Gasteiger partial charge >= 0.3 is 0 Å². The quantitative estimate of drug-likeness (QED) is 0.661. The van der Waals surface area contributed by atoms with Gasteiger partial charge in [-0.2, -0.15) is 0 Å². The Labute approximate surface area is 125 Å². The molecule has 0 radical (unpaired) electrons. The van der Waals surface area contributed by atoms with E-state index in [4.69, 9.17) is 10.5 Å². The monoisotopic (exact) mass is 283 g/mol. The number of ether oxygens (including phenoxy) is 1. The van der Waals surface area contributed by atoms with E-state index in [0.29, 0.717) is 11.9 Å². The topological polar surface area (TPSA) is 59.6 Å². The molecular formula is C17H21N3O. The summed E-state index contributed by atoms with van der Waals surface area (Å²) in [5, 5.41) is 3.16. The third kappa shape index (κ3) is 3.99. The van der Waals surface area contributed by atoms with Crippen LogP contribution in [0.4, 0.5) is 11.4 Å². The molecule has 0 aliphatic rings. The van der Waals surface area contributed by atoms with Gasteiger partial charge in [0, 0.05) is 11.8 Å². The highest BCUT2D eigenvalue weighted by molar-refractivity contribution is 5.94. The van der Waals surface area contributed by atoms with Crippen molar-refractivity contribution in [2.75, 3.05) is 12.4 Å². The molecule has 0 saturated heterocycles. The molecule has 2 aromatic carbocycles. The summed E-state index contributed by atoms with van der Waals surface area (Å²) >= 11 is 0. The van der Waals surface area contributed by atoms with E-state index < -0.39 is 0 Å². The second-order valence-electron chi connectivity index (χ2n) is 5.07. The summed E-state index contributed by atoms with van der Waals surface area (Å²) in [6.07, 6.45) is 0. The van der Waals surface area contributed by atoms with Crippen LogP contribution in [0.1, 0.15) is 25.3 Å². The number of methoxy groups -OCH3 is 1. The zero-order valence-corrected chi connectivity index (χ0v) is 12.6. The van der Waals surface area contributed by atoms with Crippen molar-refractivity contribution in [3.8, 4) is 5.75 Å². The summed E-state index contributed by atoms with van der Waals surface area (Å²) < 4.78 is 5.17. The summed E-state index contributed by atoms with van der Waals surface area (Å²) in [6.45, 7) is 4.30. The van der Waals surface area contributed by atoms with Gasteiger partial charge in [-0.3, -0.25) is 0 Å². The fraction of sp³-hybridized carbons (Fsp3) is 0.235. The molecule has 0 bridgehead atoms. The van der Waals surface area contributed by atoms with Crippen molar-refractivity contribution in [2.45, 2.75) is 19.8 Å². The number of nitrogens with two attached hydrogens (primary N) is 1. The normalized spacial score (nSPS) is 11.5. The summed E-state index contributed by atoms with van der Waals surface area (Å²) in [7, 11) is 1.63. The Morgan fingerprint density at radius 3 is 2.62 bits per heavy atom. The zero-order valence-electron chi connectivity index (χ0n) is 12.6. The van der Waals surface area contributed by atoms with Gasteiger partial charge in [0.2, 0.25) is 0 Å². The number of para-hydroxylation sites is 1. The first-order valence-electron chi connectivity index (χ1n) is 6.94. The number of hydrogen-bond donors (Lipinski definition) is 2. The lowest BCUT2D eigenvalue weighted by atomic mass is 10.0. The number of nitrogens with zero attached hydrogens (tertiary/aromatic N) is 1. The highest BCUT2D eigenvalue weighted by Crippen LogP contribution is 2.24. The lowest BCUT2D eigenvalue weighted by Crippen LogP contribution is -2.22. The summed E-state index contributed by atoms with van der Waals surface area (Å²) in [5.41, 5.74) is 8.94. The van der Waals surface area contributed by atoms with Gasteiger partial charge in [0.25, 0.3) is 0 Å². The zero-order chi connectivity index (χ0) is 15.2. The second kappa shape index (κ2) is 6.79. The van der Waals surface area contributed by atoms with Gasteiger partial charge < -0.3 is 15.8 Å². The minimum Gasteiger partial charge on any atom is -0.497 e. The maximum Gasteiger partial charge on any atom is 0.198 e. The molecule has 3 N–H and O–H groups in total. The number of hydrogen-bond acceptors (Lipinski definition) is 2. The largest absolute Gasteiger partial charge is 0.497 e. The first kappa shape index (κ1) is 14.9. The molecule has 0 amide bonds. The predicted octanol–water partition coefficient (Wildman–Crippen LogP) is 3.88. The minimum absolute atomic E-state index is 0.358. The Bertz CT molecular complexity index is 635. The fourth-order valence-corrected chi connectivity index (χ4v) is 2.10. The average Bonchev–Trinajstić information content (AvgIpc) is 2.47. The van der Waals surface area contributed by atoms with Crippen LogP contribution in [0.2, 0.25) is 0 Å². The van der Waals surface area contributed by atoms with Gasteiger partial charge in [-0.1, -0.05) is 38.1 Å². The van der Waals surface area contributed by atoms with Crippen LogP contribution >= 0.6 is 0 Å². The minimum atomic E-state index is 0.358. The SMILES string of the molecule is COc1cccc(N=C(N)Nc2ccccc2C(C)C)c1. The Balaban J connectivity index is 2.21. The third-order valence-electron chi connectivity index (χ3n) is 3.15. The first-order valence-corrected chi connectivity index (χ1v) is 6.94. The molecule has 0 fully saturated rings. The van der Waals surface area contributed by atoms with Gasteiger partial charge in [0.15, 0.2) is 5.96 Å². The van der Waals surface area contributed by atoms with E-state index in [0.717, 1.165) is 17.1 Å². The fourth-order valence-electron chi connectivity index (χ4n) is 2.10. The highest BCUT2D eigenvalue weighted by atomic mass is 16.5. The maximum atomic E-state index is 6.00. The smallest absolute Gasteiger partial charge is 0.198 e. The van der Waals surface area contributed by atoms with Crippen LogP contribution in [0, 0.1) is 0 Å². The molecule has 110 valence electrons. The van der Waals surface area contributed by atoms with Crippen LogP contribution in [0.25, 0.3) is 0 Å². The van der Waals surface area contributed by atoms with E-state index in [-0.39, 0.29) is 0 Å². The molecule has 0 saturated carbocycles. The molecule has 2 aromatic rings. The van der Waals surface area contributed by atoms with Gasteiger partial charge in [0.05, 0.1) is 12.8 Å². The van der Waals surface area contributed by atoms with Crippen LogP contribution in [0.5, 0.6) is 5.75 Å².